The third-order valence-corrected chi connectivity index (χ3v) is 4.76. The summed E-state index contributed by atoms with van der Waals surface area (Å²) >= 11 is 0. The fraction of sp³-hybridized carbons (Fsp3) is 0.611. The molecule has 0 radical (unpaired) electrons. The molecular formula is C18H26N2O3. The summed E-state index contributed by atoms with van der Waals surface area (Å²) in [6.07, 6.45) is 6.48. The molecule has 23 heavy (non-hydrogen) atoms. The van der Waals surface area contributed by atoms with Crippen LogP contribution < -0.4 is 10.6 Å². The lowest BCUT2D eigenvalue weighted by Crippen LogP contribution is -2.44. The second-order valence-electron chi connectivity index (χ2n) is 7.62. The molecule has 3 atom stereocenters. The molecule has 0 aliphatic heterocycles. The highest BCUT2D eigenvalue weighted by Gasteiger charge is 2.35. The van der Waals surface area contributed by atoms with Crippen LogP contribution in [0.4, 0.5) is 4.79 Å². The Labute approximate surface area is 137 Å². The minimum Gasteiger partial charge on any atom is -0.466 e. The molecule has 1 aromatic heterocycles. The van der Waals surface area contributed by atoms with E-state index in [1.807, 2.05) is 25.1 Å². The number of nitrogens with one attached hydrogen (secondary N) is 2. The van der Waals surface area contributed by atoms with Gasteiger partial charge in [-0.3, -0.25) is 0 Å². The molecule has 0 fully saturated rings. The van der Waals surface area contributed by atoms with Crippen LogP contribution in [0.2, 0.25) is 0 Å². The van der Waals surface area contributed by atoms with Crippen molar-refractivity contribution in [1.82, 2.24) is 10.6 Å². The van der Waals surface area contributed by atoms with Crippen molar-refractivity contribution in [2.75, 3.05) is 6.61 Å². The van der Waals surface area contributed by atoms with E-state index < -0.39 is 0 Å². The van der Waals surface area contributed by atoms with Gasteiger partial charge in [0.25, 0.3) is 0 Å². The molecule has 1 unspecified atom stereocenters. The maximum Gasteiger partial charge on any atom is 0.315 e. The monoisotopic (exact) mass is 318 g/mol. The van der Waals surface area contributed by atoms with Crippen LogP contribution in [0, 0.1) is 18.3 Å². The molecule has 2 aliphatic rings. The zero-order chi connectivity index (χ0) is 16.6. The standard InChI is InChI=1S/C18H26N2O3/c1-11-6-14-15(8-18(2,3)9-16(14)23-11)20-17(22)19-13-5-4-12(7-13)10-21/h4-6,12-13,15,21H,7-10H2,1-3H3,(H2,19,20,22)/t12-,13+,15?/m0/s1. The van der Waals surface area contributed by atoms with Crippen molar-refractivity contribution in [3.05, 3.63) is 35.3 Å². The van der Waals surface area contributed by atoms with Crippen molar-refractivity contribution >= 4 is 6.03 Å². The molecule has 2 aliphatic carbocycles. The van der Waals surface area contributed by atoms with Crippen LogP contribution in [0.1, 0.15) is 49.8 Å². The molecule has 1 aromatic rings. The van der Waals surface area contributed by atoms with E-state index in [0.29, 0.717) is 0 Å². The number of amides is 2. The Morgan fingerprint density at radius 2 is 2.17 bits per heavy atom. The minimum atomic E-state index is -0.161. The SMILES string of the molecule is Cc1cc2c(o1)CC(C)(C)CC2NC(=O)N[C@@H]1C=C[C@H](CO)C1. The predicted molar refractivity (Wildman–Crippen MR) is 88.1 cm³/mol. The van der Waals surface area contributed by atoms with E-state index in [1.165, 1.54) is 0 Å². The van der Waals surface area contributed by atoms with Gasteiger partial charge in [-0.25, -0.2) is 4.79 Å². The second kappa shape index (κ2) is 6.04. The highest BCUT2D eigenvalue weighted by Crippen LogP contribution is 2.41. The van der Waals surface area contributed by atoms with E-state index in [1.54, 1.807) is 0 Å². The summed E-state index contributed by atoms with van der Waals surface area (Å²) in [5.74, 6) is 2.03. The van der Waals surface area contributed by atoms with Crippen LogP contribution in [0.15, 0.2) is 22.6 Å². The molecule has 0 saturated carbocycles. The summed E-state index contributed by atoms with van der Waals surface area (Å²) < 4.78 is 5.80. The molecule has 126 valence electrons. The Hall–Kier alpha value is -1.75. The lowest BCUT2D eigenvalue weighted by Gasteiger charge is -2.34. The molecular weight excluding hydrogens is 292 g/mol. The molecule has 0 saturated heterocycles. The highest BCUT2D eigenvalue weighted by molar-refractivity contribution is 5.75. The first-order valence-corrected chi connectivity index (χ1v) is 8.32. The van der Waals surface area contributed by atoms with Crippen LogP contribution >= 0.6 is 0 Å². The summed E-state index contributed by atoms with van der Waals surface area (Å²) in [5.41, 5.74) is 1.21. The van der Waals surface area contributed by atoms with Gasteiger partial charge in [-0.1, -0.05) is 26.0 Å². The van der Waals surface area contributed by atoms with Gasteiger partial charge < -0.3 is 20.2 Å². The van der Waals surface area contributed by atoms with Crippen molar-refractivity contribution in [3.63, 3.8) is 0 Å². The number of aryl methyl sites for hydroxylation is 1. The summed E-state index contributed by atoms with van der Waals surface area (Å²) in [4.78, 5) is 12.3. The predicted octanol–water partition coefficient (Wildman–Crippen LogP) is 2.84. The van der Waals surface area contributed by atoms with Crippen LogP contribution in [0.3, 0.4) is 0 Å². The van der Waals surface area contributed by atoms with Crippen LogP contribution in [0.25, 0.3) is 0 Å². The van der Waals surface area contributed by atoms with Gasteiger partial charge >= 0.3 is 6.03 Å². The van der Waals surface area contributed by atoms with Gasteiger partial charge in [-0.05, 0) is 31.2 Å². The fourth-order valence-electron chi connectivity index (χ4n) is 3.70. The fourth-order valence-corrected chi connectivity index (χ4v) is 3.70. The van der Waals surface area contributed by atoms with Crippen LogP contribution in [-0.2, 0) is 6.42 Å². The van der Waals surface area contributed by atoms with Gasteiger partial charge in [0.2, 0.25) is 0 Å². The zero-order valence-corrected chi connectivity index (χ0v) is 14.1. The van der Waals surface area contributed by atoms with Crippen molar-refractivity contribution in [2.24, 2.45) is 11.3 Å². The molecule has 5 nitrogen and oxygen atoms in total. The lowest BCUT2D eigenvalue weighted by atomic mass is 9.75. The van der Waals surface area contributed by atoms with E-state index in [9.17, 15) is 4.79 Å². The summed E-state index contributed by atoms with van der Waals surface area (Å²) in [7, 11) is 0. The summed E-state index contributed by atoms with van der Waals surface area (Å²) in [5, 5.41) is 15.2. The van der Waals surface area contributed by atoms with Crippen LogP contribution in [0.5, 0.6) is 0 Å². The maximum atomic E-state index is 12.3. The number of furan rings is 1. The zero-order valence-electron chi connectivity index (χ0n) is 14.1. The Bertz CT molecular complexity index is 618. The number of hydrogen-bond acceptors (Lipinski definition) is 3. The number of carbonyl (C=O) groups is 1. The number of aliphatic hydroxyl groups is 1. The highest BCUT2D eigenvalue weighted by atomic mass is 16.3. The molecule has 0 spiro atoms. The second-order valence-corrected chi connectivity index (χ2v) is 7.62. The number of aliphatic hydroxyl groups excluding tert-OH is 1. The quantitative estimate of drug-likeness (QED) is 0.750. The van der Waals surface area contributed by atoms with E-state index >= 15 is 0 Å². The van der Waals surface area contributed by atoms with E-state index in [-0.39, 0.29) is 36.1 Å². The maximum absolute atomic E-state index is 12.3. The van der Waals surface area contributed by atoms with Gasteiger partial charge in [0.05, 0.1) is 6.04 Å². The van der Waals surface area contributed by atoms with Gasteiger partial charge in [0.15, 0.2) is 0 Å². The number of urea groups is 1. The number of carbonyl (C=O) groups excluding carboxylic acids is 1. The number of hydrogen-bond donors (Lipinski definition) is 3. The normalized spacial score (nSPS) is 28.4. The first kappa shape index (κ1) is 16.1. The molecule has 0 aromatic carbocycles. The number of rotatable bonds is 3. The van der Waals surface area contributed by atoms with E-state index in [4.69, 9.17) is 9.52 Å². The molecule has 3 rings (SSSR count). The molecule has 0 bridgehead atoms. The average molecular weight is 318 g/mol. The summed E-state index contributed by atoms with van der Waals surface area (Å²) in [6.45, 7) is 6.48. The van der Waals surface area contributed by atoms with Gasteiger partial charge in [-0.2, -0.15) is 0 Å². The van der Waals surface area contributed by atoms with Crippen molar-refractivity contribution in [3.8, 4) is 0 Å². The molecule has 3 N–H and O–H groups in total. The van der Waals surface area contributed by atoms with E-state index in [0.717, 1.165) is 36.3 Å². The largest absolute Gasteiger partial charge is 0.466 e. The summed E-state index contributed by atoms with van der Waals surface area (Å²) in [6, 6.07) is 1.84. The Morgan fingerprint density at radius 3 is 2.87 bits per heavy atom. The van der Waals surface area contributed by atoms with Gasteiger partial charge in [0.1, 0.15) is 11.5 Å². The Morgan fingerprint density at radius 1 is 1.39 bits per heavy atom. The van der Waals surface area contributed by atoms with Crippen LogP contribution in [-0.4, -0.2) is 23.8 Å². The van der Waals surface area contributed by atoms with Gasteiger partial charge in [0, 0.05) is 30.6 Å². The number of fused-ring (bicyclic) bond motifs is 1. The van der Waals surface area contributed by atoms with Gasteiger partial charge in [-0.15, -0.1) is 0 Å². The first-order valence-electron chi connectivity index (χ1n) is 8.32. The average Bonchev–Trinajstić information content (AvgIpc) is 3.03. The minimum absolute atomic E-state index is 0.00527. The molecule has 2 amide bonds. The first-order chi connectivity index (χ1) is 10.9. The van der Waals surface area contributed by atoms with Crippen molar-refractivity contribution in [2.45, 2.75) is 52.1 Å². The Kier molecular flexibility index (Phi) is 4.23. The molecule has 5 heteroatoms. The molecule has 1 heterocycles. The smallest absolute Gasteiger partial charge is 0.315 e. The van der Waals surface area contributed by atoms with E-state index in [2.05, 4.69) is 24.5 Å². The Balaban J connectivity index is 1.65. The van der Waals surface area contributed by atoms with Crippen molar-refractivity contribution in [1.29, 1.82) is 0 Å². The van der Waals surface area contributed by atoms with Crippen molar-refractivity contribution < 1.29 is 14.3 Å². The third kappa shape index (κ3) is 3.61. The lowest BCUT2D eigenvalue weighted by molar-refractivity contribution is 0.211. The topological polar surface area (TPSA) is 74.5 Å². The third-order valence-electron chi connectivity index (χ3n) is 4.76.